The van der Waals surface area contributed by atoms with E-state index >= 15 is 0 Å². The Balaban J connectivity index is 1.81. The maximum Gasteiger partial charge on any atom is 0.269 e. The van der Waals surface area contributed by atoms with Crippen LogP contribution in [0.15, 0.2) is 82.7 Å². The van der Waals surface area contributed by atoms with Crippen LogP contribution in [0, 0.1) is 10.1 Å². The lowest BCUT2D eigenvalue weighted by atomic mass is 10.0. The van der Waals surface area contributed by atoms with Gasteiger partial charge in [0.25, 0.3) is 5.69 Å². The number of benzene rings is 3. The van der Waals surface area contributed by atoms with Crippen LogP contribution < -0.4 is 0 Å². The molecule has 4 nitrogen and oxygen atoms in total. The van der Waals surface area contributed by atoms with Gasteiger partial charge in [-0.15, -0.1) is 11.8 Å². The van der Waals surface area contributed by atoms with Crippen molar-refractivity contribution in [1.29, 1.82) is 0 Å². The second-order valence-electron chi connectivity index (χ2n) is 6.20. The summed E-state index contributed by atoms with van der Waals surface area (Å²) in [7, 11) is 0. The van der Waals surface area contributed by atoms with Gasteiger partial charge in [0.2, 0.25) is 0 Å². The standard InChI is InChI=1S/C21H15ClN2O2S/c22-16-9-10-20-19(12-16)23-18(14-5-2-1-3-6-14)13-21(27-20)15-7-4-8-17(11-15)24(25)26/h1-12,21H,13H2. The fraction of sp³-hybridized carbons (Fsp3) is 0.0952. The highest BCUT2D eigenvalue weighted by atomic mass is 35.5. The molecule has 27 heavy (non-hydrogen) atoms. The molecule has 1 aliphatic heterocycles. The van der Waals surface area contributed by atoms with E-state index in [0.717, 1.165) is 27.4 Å². The van der Waals surface area contributed by atoms with E-state index in [0.29, 0.717) is 11.4 Å². The topological polar surface area (TPSA) is 55.5 Å². The van der Waals surface area contributed by atoms with Crippen molar-refractivity contribution in [3.63, 3.8) is 0 Å². The molecule has 0 saturated carbocycles. The molecule has 1 atom stereocenters. The van der Waals surface area contributed by atoms with Crippen LogP contribution in [0.1, 0.15) is 22.8 Å². The number of nitro groups is 1. The van der Waals surface area contributed by atoms with E-state index in [9.17, 15) is 10.1 Å². The van der Waals surface area contributed by atoms with E-state index in [1.54, 1.807) is 23.9 Å². The maximum atomic E-state index is 11.2. The molecule has 0 aliphatic carbocycles. The number of thioether (sulfide) groups is 1. The van der Waals surface area contributed by atoms with Gasteiger partial charge in [0.1, 0.15) is 0 Å². The summed E-state index contributed by atoms with van der Waals surface area (Å²) in [6, 6.07) is 22.5. The molecule has 0 amide bonds. The van der Waals surface area contributed by atoms with E-state index in [2.05, 4.69) is 0 Å². The van der Waals surface area contributed by atoms with Gasteiger partial charge in [-0.25, -0.2) is 0 Å². The van der Waals surface area contributed by atoms with Crippen molar-refractivity contribution in [2.75, 3.05) is 0 Å². The molecule has 3 aromatic carbocycles. The molecule has 4 rings (SSSR count). The van der Waals surface area contributed by atoms with Crippen molar-refractivity contribution in [3.05, 3.63) is 99.1 Å². The van der Waals surface area contributed by atoms with Crippen molar-refractivity contribution in [3.8, 4) is 0 Å². The van der Waals surface area contributed by atoms with Gasteiger partial charge in [0.05, 0.1) is 10.6 Å². The highest BCUT2D eigenvalue weighted by Gasteiger charge is 2.24. The van der Waals surface area contributed by atoms with Crippen molar-refractivity contribution < 1.29 is 4.92 Å². The van der Waals surface area contributed by atoms with Crippen molar-refractivity contribution >= 4 is 40.4 Å². The molecule has 0 fully saturated rings. The molecule has 6 heteroatoms. The molecular formula is C21H15ClN2O2S. The maximum absolute atomic E-state index is 11.2. The lowest BCUT2D eigenvalue weighted by Crippen LogP contribution is -2.05. The van der Waals surface area contributed by atoms with Crippen molar-refractivity contribution in [1.82, 2.24) is 0 Å². The summed E-state index contributed by atoms with van der Waals surface area (Å²) in [6.45, 7) is 0. The number of aliphatic imine (C=N–C) groups is 1. The highest BCUT2D eigenvalue weighted by molar-refractivity contribution is 7.99. The van der Waals surface area contributed by atoms with Gasteiger partial charge < -0.3 is 0 Å². The number of halogens is 1. The van der Waals surface area contributed by atoms with Gasteiger partial charge in [-0.1, -0.05) is 54.1 Å². The number of rotatable bonds is 3. The van der Waals surface area contributed by atoms with Crippen LogP contribution in [0.2, 0.25) is 5.02 Å². The molecule has 1 aliphatic rings. The van der Waals surface area contributed by atoms with Crippen LogP contribution >= 0.6 is 23.4 Å². The quantitative estimate of drug-likeness (QED) is 0.371. The minimum atomic E-state index is -0.356. The predicted molar refractivity (Wildman–Crippen MR) is 110 cm³/mol. The summed E-state index contributed by atoms with van der Waals surface area (Å²) in [5, 5.41) is 11.8. The van der Waals surface area contributed by atoms with Crippen LogP contribution in [0.5, 0.6) is 0 Å². The molecule has 1 heterocycles. The molecule has 0 spiro atoms. The van der Waals surface area contributed by atoms with Crippen LogP contribution in [-0.2, 0) is 0 Å². The van der Waals surface area contributed by atoms with Crippen molar-refractivity contribution in [2.45, 2.75) is 16.6 Å². The zero-order valence-electron chi connectivity index (χ0n) is 14.2. The second-order valence-corrected chi connectivity index (χ2v) is 7.88. The van der Waals surface area contributed by atoms with E-state index in [4.69, 9.17) is 16.6 Å². The Labute approximate surface area is 166 Å². The van der Waals surface area contributed by atoms with Gasteiger partial charge >= 0.3 is 0 Å². The molecule has 1 unspecified atom stereocenters. The molecular weight excluding hydrogens is 380 g/mol. The summed E-state index contributed by atoms with van der Waals surface area (Å²) >= 11 is 7.84. The number of hydrogen-bond donors (Lipinski definition) is 0. The first kappa shape index (κ1) is 17.8. The number of non-ortho nitro benzene ring substituents is 1. The highest BCUT2D eigenvalue weighted by Crippen LogP contribution is 2.46. The molecule has 134 valence electrons. The molecule has 0 N–H and O–H groups in total. The van der Waals surface area contributed by atoms with Crippen LogP contribution in [0.4, 0.5) is 11.4 Å². The molecule has 0 aromatic heterocycles. The molecule has 3 aromatic rings. The minimum absolute atomic E-state index is 0.0197. The number of hydrogen-bond acceptors (Lipinski definition) is 4. The fourth-order valence-corrected chi connectivity index (χ4v) is 4.45. The normalized spacial score (nSPS) is 16.2. The first-order chi connectivity index (χ1) is 13.1. The number of fused-ring (bicyclic) bond motifs is 1. The van der Waals surface area contributed by atoms with Gasteiger partial charge in [-0.2, -0.15) is 0 Å². The lowest BCUT2D eigenvalue weighted by Gasteiger charge is -2.16. The molecule has 0 radical (unpaired) electrons. The van der Waals surface area contributed by atoms with Crippen molar-refractivity contribution in [2.24, 2.45) is 4.99 Å². The molecule has 0 saturated heterocycles. The number of nitrogens with zero attached hydrogens (tertiary/aromatic N) is 2. The third kappa shape index (κ3) is 3.89. The van der Waals surface area contributed by atoms with Crippen LogP contribution in [0.25, 0.3) is 0 Å². The Bertz CT molecular complexity index is 1040. The first-order valence-electron chi connectivity index (χ1n) is 8.44. The van der Waals surface area contributed by atoms with Crippen LogP contribution in [0.3, 0.4) is 0 Å². The van der Waals surface area contributed by atoms with Gasteiger partial charge in [-0.3, -0.25) is 15.1 Å². The predicted octanol–water partition coefficient (Wildman–Crippen LogP) is 6.61. The Kier molecular flexibility index (Phi) is 4.97. The number of nitro benzene ring substituents is 1. The Morgan fingerprint density at radius 3 is 2.63 bits per heavy atom. The van der Waals surface area contributed by atoms with E-state index in [-0.39, 0.29) is 15.9 Å². The average Bonchev–Trinajstić information content (AvgIpc) is 2.88. The average molecular weight is 395 g/mol. The van der Waals surface area contributed by atoms with Gasteiger partial charge in [0, 0.05) is 39.4 Å². The molecule has 0 bridgehead atoms. The summed E-state index contributed by atoms with van der Waals surface area (Å²) in [5.74, 6) is 0. The lowest BCUT2D eigenvalue weighted by molar-refractivity contribution is -0.384. The summed E-state index contributed by atoms with van der Waals surface area (Å²) in [6.07, 6.45) is 0.669. The third-order valence-corrected chi connectivity index (χ3v) is 5.94. The van der Waals surface area contributed by atoms with E-state index < -0.39 is 0 Å². The summed E-state index contributed by atoms with van der Waals surface area (Å²) in [5.41, 5.74) is 3.84. The monoisotopic (exact) mass is 394 g/mol. The Morgan fingerprint density at radius 2 is 1.85 bits per heavy atom. The van der Waals surface area contributed by atoms with Gasteiger partial charge in [-0.05, 0) is 29.3 Å². The van der Waals surface area contributed by atoms with E-state index in [1.807, 2.05) is 54.6 Å². The fourth-order valence-electron chi connectivity index (χ4n) is 3.08. The second kappa shape index (κ2) is 7.55. The SMILES string of the molecule is O=[N+]([O-])c1cccc(C2CC(c3ccccc3)=Nc3cc(Cl)ccc3S2)c1. The smallest absolute Gasteiger partial charge is 0.258 e. The third-order valence-electron chi connectivity index (χ3n) is 4.38. The zero-order chi connectivity index (χ0) is 18.8. The largest absolute Gasteiger partial charge is 0.269 e. The zero-order valence-corrected chi connectivity index (χ0v) is 15.8. The Hall–Kier alpha value is -2.63. The minimum Gasteiger partial charge on any atom is -0.258 e. The summed E-state index contributed by atoms with van der Waals surface area (Å²) in [4.78, 5) is 16.7. The van der Waals surface area contributed by atoms with E-state index in [1.165, 1.54) is 6.07 Å². The van der Waals surface area contributed by atoms with Crippen LogP contribution in [-0.4, -0.2) is 10.6 Å². The summed E-state index contributed by atoms with van der Waals surface area (Å²) < 4.78 is 0. The van der Waals surface area contributed by atoms with Gasteiger partial charge in [0.15, 0.2) is 0 Å². The Morgan fingerprint density at radius 1 is 1.04 bits per heavy atom. The first-order valence-corrected chi connectivity index (χ1v) is 9.69.